The number of hydrogen-bond donors (Lipinski definition) is 2. The fourth-order valence-electron chi connectivity index (χ4n) is 2.64. The number of carboxylic acid groups (broad SMARTS) is 1. The van der Waals surface area contributed by atoms with Crippen molar-refractivity contribution in [2.45, 2.75) is 31.6 Å². The maximum absolute atomic E-state index is 10.9. The van der Waals surface area contributed by atoms with Crippen LogP contribution < -0.4 is 4.74 Å². The van der Waals surface area contributed by atoms with E-state index in [1.165, 1.54) is 0 Å². The van der Waals surface area contributed by atoms with Crippen molar-refractivity contribution in [1.82, 2.24) is 0 Å². The molecule has 1 aromatic carbocycles. The number of carbonyl (C=O) groups is 1. The molecule has 0 radical (unpaired) electrons. The molecule has 0 aliphatic heterocycles. The van der Waals surface area contributed by atoms with Crippen LogP contribution in [0.5, 0.6) is 11.5 Å². The first kappa shape index (κ1) is 12.7. The van der Waals surface area contributed by atoms with Crippen LogP contribution in [-0.4, -0.2) is 23.3 Å². The molecule has 0 heterocycles. The van der Waals surface area contributed by atoms with Crippen LogP contribution in [0.2, 0.25) is 0 Å². The van der Waals surface area contributed by atoms with Gasteiger partial charge in [-0.25, -0.2) is 0 Å². The second-order valence-electron chi connectivity index (χ2n) is 4.81. The zero-order valence-corrected chi connectivity index (χ0v) is 10.4. The zero-order chi connectivity index (χ0) is 13.1. The number of phenolic OH excluding ortho intramolecular Hbond substituents is 1. The molecule has 2 N–H and O–H groups in total. The first-order valence-corrected chi connectivity index (χ1v) is 6.21. The number of methoxy groups -OCH3 is 1. The van der Waals surface area contributed by atoms with Crippen molar-refractivity contribution in [3.63, 3.8) is 0 Å². The Balaban J connectivity index is 2.11. The summed E-state index contributed by atoms with van der Waals surface area (Å²) >= 11 is 0. The van der Waals surface area contributed by atoms with Gasteiger partial charge in [0.1, 0.15) is 11.5 Å². The SMILES string of the molecule is COc1ccc(O)c(C2CCC(C(=O)O)CC2)c1. The van der Waals surface area contributed by atoms with Crippen molar-refractivity contribution >= 4 is 5.97 Å². The van der Waals surface area contributed by atoms with Gasteiger partial charge in [0.2, 0.25) is 0 Å². The summed E-state index contributed by atoms with van der Waals surface area (Å²) in [5.41, 5.74) is 0.873. The summed E-state index contributed by atoms with van der Waals surface area (Å²) in [5, 5.41) is 18.8. The normalized spacial score (nSPS) is 23.6. The van der Waals surface area contributed by atoms with E-state index in [1.807, 2.05) is 6.07 Å². The molecular formula is C14H18O4. The summed E-state index contributed by atoms with van der Waals surface area (Å²) in [6, 6.07) is 5.21. The Hall–Kier alpha value is -1.71. The van der Waals surface area contributed by atoms with Gasteiger partial charge < -0.3 is 14.9 Å². The Kier molecular flexibility index (Phi) is 3.75. The topological polar surface area (TPSA) is 66.8 Å². The third-order valence-electron chi connectivity index (χ3n) is 3.75. The van der Waals surface area contributed by atoms with Gasteiger partial charge in [0.05, 0.1) is 13.0 Å². The average molecular weight is 250 g/mol. The summed E-state index contributed by atoms with van der Waals surface area (Å²) in [6.07, 6.45) is 2.96. The molecule has 1 aliphatic carbocycles. The van der Waals surface area contributed by atoms with E-state index in [0.717, 1.165) is 24.2 Å². The van der Waals surface area contributed by atoms with Crippen LogP contribution >= 0.6 is 0 Å². The largest absolute Gasteiger partial charge is 0.508 e. The maximum Gasteiger partial charge on any atom is 0.306 e. The summed E-state index contributed by atoms with van der Waals surface area (Å²) in [4.78, 5) is 10.9. The van der Waals surface area contributed by atoms with Crippen LogP contribution in [0.3, 0.4) is 0 Å². The molecule has 4 nitrogen and oxygen atoms in total. The molecule has 0 saturated heterocycles. The van der Waals surface area contributed by atoms with E-state index in [0.29, 0.717) is 12.8 Å². The van der Waals surface area contributed by atoms with E-state index in [9.17, 15) is 9.90 Å². The van der Waals surface area contributed by atoms with Gasteiger partial charge in [0.15, 0.2) is 0 Å². The monoisotopic (exact) mass is 250 g/mol. The lowest BCUT2D eigenvalue weighted by Crippen LogP contribution is -2.20. The molecule has 0 spiro atoms. The van der Waals surface area contributed by atoms with Crippen molar-refractivity contribution in [3.8, 4) is 11.5 Å². The second kappa shape index (κ2) is 5.29. The minimum atomic E-state index is -0.705. The Bertz CT molecular complexity index is 433. The first-order valence-electron chi connectivity index (χ1n) is 6.21. The van der Waals surface area contributed by atoms with Gasteiger partial charge in [-0.1, -0.05) is 0 Å². The van der Waals surface area contributed by atoms with Crippen molar-refractivity contribution in [2.24, 2.45) is 5.92 Å². The highest BCUT2D eigenvalue weighted by Crippen LogP contribution is 2.40. The molecule has 1 aromatic rings. The van der Waals surface area contributed by atoms with Crippen LogP contribution in [0.15, 0.2) is 18.2 Å². The van der Waals surface area contributed by atoms with Gasteiger partial charge in [0.25, 0.3) is 0 Å². The van der Waals surface area contributed by atoms with E-state index in [2.05, 4.69) is 0 Å². The van der Waals surface area contributed by atoms with E-state index >= 15 is 0 Å². The minimum Gasteiger partial charge on any atom is -0.508 e. The predicted molar refractivity (Wildman–Crippen MR) is 67.0 cm³/mol. The standard InChI is InChI=1S/C14H18O4/c1-18-11-6-7-13(15)12(8-11)9-2-4-10(5-3-9)14(16)17/h6-10,15H,2-5H2,1H3,(H,16,17). The molecule has 4 heteroatoms. The third-order valence-corrected chi connectivity index (χ3v) is 3.75. The lowest BCUT2D eigenvalue weighted by molar-refractivity contribution is -0.142. The van der Waals surface area contributed by atoms with Crippen LogP contribution in [0.1, 0.15) is 37.2 Å². The van der Waals surface area contributed by atoms with Crippen molar-refractivity contribution in [1.29, 1.82) is 0 Å². The molecule has 0 unspecified atom stereocenters. The van der Waals surface area contributed by atoms with Crippen LogP contribution in [-0.2, 0) is 4.79 Å². The highest BCUT2D eigenvalue weighted by atomic mass is 16.5. The fourth-order valence-corrected chi connectivity index (χ4v) is 2.64. The summed E-state index contributed by atoms with van der Waals surface area (Å²) in [5.74, 6) is 0.297. The summed E-state index contributed by atoms with van der Waals surface area (Å²) in [6.45, 7) is 0. The van der Waals surface area contributed by atoms with Gasteiger partial charge in [0, 0.05) is 5.56 Å². The number of hydrogen-bond acceptors (Lipinski definition) is 3. The molecule has 1 aliphatic rings. The van der Waals surface area contributed by atoms with Crippen LogP contribution in [0, 0.1) is 5.92 Å². The number of carboxylic acids is 1. The van der Waals surface area contributed by atoms with Crippen molar-refractivity contribution < 1.29 is 19.7 Å². The maximum atomic E-state index is 10.9. The van der Waals surface area contributed by atoms with Crippen molar-refractivity contribution in [3.05, 3.63) is 23.8 Å². The Labute approximate surface area is 106 Å². The number of phenols is 1. The molecule has 0 aromatic heterocycles. The van der Waals surface area contributed by atoms with E-state index < -0.39 is 5.97 Å². The van der Waals surface area contributed by atoms with E-state index in [1.54, 1.807) is 19.2 Å². The molecule has 0 bridgehead atoms. The lowest BCUT2D eigenvalue weighted by atomic mass is 9.78. The van der Waals surface area contributed by atoms with E-state index in [4.69, 9.17) is 9.84 Å². The second-order valence-corrected chi connectivity index (χ2v) is 4.81. The van der Waals surface area contributed by atoms with Gasteiger partial charge in [-0.05, 0) is 49.8 Å². The molecule has 1 saturated carbocycles. The molecule has 1 fully saturated rings. The highest BCUT2D eigenvalue weighted by Gasteiger charge is 2.28. The number of ether oxygens (including phenoxy) is 1. The van der Waals surface area contributed by atoms with Crippen LogP contribution in [0.4, 0.5) is 0 Å². The minimum absolute atomic E-state index is 0.228. The average Bonchev–Trinajstić information content (AvgIpc) is 2.39. The summed E-state index contributed by atoms with van der Waals surface area (Å²) < 4.78 is 5.15. The van der Waals surface area contributed by atoms with Crippen molar-refractivity contribution in [2.75, 3.05) is 7.11 Å². The number of rotatable bonds is 3. The number of aromatic hydroxyl groups is 1. The fraction of sp³-hybridized carbons (Fsp3) is 0.500. The Morgan fingerprint density at radius 1 is 1.28 bits per heavy atom. The quantitative estimate of drug-likeness (QED) is 0.865. The Morgan fingerprint density at radius 3 is 2.50 bits per heavy atom. The molecule has 18 heavy (non-hydrogen) atoms. The van der Waals surface area contributed by atoms with E-state index in [-0.39, 0.29) is 17.6 Å². The van der Waals surface area contributed by atoms with Crippen LogP contribution in [0.25, 0.3) is 0 Å². The highest BCUT2D eigenvalue weighted by molar-refractivity contribution is 5.70. The van der Waals surface area contributed by atoms with Gasteiger partial charge in [-0.2, -0.15) is 0 Å². The predicted octanol–water partition coefficient (Wildman–Crippen LogP) is 2.76. The number of benzene rings is 1. The number of aliphatic carboxylic acids is 1. The van der Waals surface area contributed by atoms with Gasteiger partial charge in [-0.15, -0.1) is 0 Å². The van der Waals surface area contributed by atoms with Gasteiger partial charge >= 0.3 is 5.97 Å². The molecule has 98 valence electrons. The smallest absolute Gasteiger partial charge is 0.306 e. The molecular weight excluding hydrogens is 232 g/mol. The molecule has 0 amide bonds. The molecule has 0 atom stereocenters. The third kappa shape index (κ3) is 2.58. The Morgan fingerprint density at radius 2 is 1.94 bits per heavy atom. The first-order chi connectivity index (χ1) is 8.61. The van der Waals surface area contributed by atoms with Gasteiger partial charge in [-0.3, -0.25) is 4.79 Å². The molecule has 2 rings (SSSR count). The zero-order valence-electron chi connectivity index (χ0n) is 10.4. The summed E-state index contributed by atoms with van der Waals surface area (Å²) in [7, 11) is 1.59. The lowest BCUT2D eigenvalue weighted by Gasteiger charge is -2.27.